The number of benzene rings is 2. The summed E-state index contributed by atoms with van der Waals surface area (Å²) in [5, 5.41) is 21.2. The highest BCUT2D eigenvalue weighted by Gasteiger charge is 2.19. The lowest BCUT2D eigenvalue weighted by molar-refractivity contribution is -0.114. The lowest BCUT2D eigenvalue weighted by Gasteiger charge is -2.26. The van der Waals surface area contributed by atoms with Gasteiger partial charge in [0.15, 0.2) is 11.6 Å². The maximum Gasteiger partial charge on any atom is 0.221 e. The minimum absolute atomic E-state index is 0.0924. The van der Waals surface area contributed by atoms with Crippen molar-refractivity contribution in [2.45, 2.75) is 6.92 Å². The molecular weight excluding hydrogens is 384 g/mol. The normalized spacial score (nSPS) is 13.9. The second-order valence-corrected chi connectivity index (χ2v) is 7.08. The standard InChI is InChI=1S/C22H24N4O4/c1-14(27)24-18-7-6-15(12-20(18)29-2)16-4-3-5-17(22(16)28)19-13-21(25-30-19)26-10-8-23-9-11-26/h3-7,12-13,23,28H,8-11H2,1-2H3,(H,24,27). The molecule has 1 aliphatic heterocycles. The number of carbonyl (C=O) groups excluding carboxylic acids is 1. The average Bonchev–Trinajstić information content (AvgIpc) is 3.24. The van der Waals surface area contributed by atoms with Gasteiger partial charge in [-0.25, -0.2) is 0 Å². The molecule has 4 rings (SSSR count). The van der Waals surface area contributed by atoms with E-state index >= 15 is 0 Å². The zero-order valence-corrected chi connectivity index (χ0v) is 16.9. The molecule has 30 heavy (non-hydrogen) atoms. The van der Waals surface area contributed by atoms with E-state index in [1.54, 1.807) is 18.2 Å². The molecule has 0 radical (unpaired) electrons. The van der Waals surface area contributed by atoms with Gasteiger partial charge >= 0.3 is 0 Å². The van der Waals surface area contributed by atoms with Crippen molar-refractivity contribution in [1.82, 2.24) is 10.5 Å². The Bertz CT molecular complexity index is 1060. The number of para-hydroxylation sites is 1. The van der Waals surface area contributed by atoms with E-state index in [2.05, 4.69) is 20.7 Å². The van der Waals surface area contributed by atoms with Gasteiger partial charge in [0.1, 0.15) is 11.5 Å². The summed E-state index contributed by atoms with van der Waals surface area (Å²) in [6, 6.07) is 12.7. The molecule has 0 aliphatic carbocycles. The molecule has 156 valence electrons. The third kappa shape index (κ3) is 3.95. The molecule has 1 aromatic heterocycles. The number of phenols is 1. The van der Waals surface area contributed by atoms with Crippen LogP contribution in [-0.2, 0) is 4.79 Å². The number of phenolic OH excluding ortho intramolecular Hbond substituents is 1. The smallest absolute Gasteiger partial charge is 0.221 e. The first-order chi connectivity index (χ1) is 14.6. The van der Waals surface area contributed by atoms with Gasteiger partial charge in [-0.15, -0.1) is 0 Å². The minimum Gasteiger partial charge on any atom is -0.507 e. The molecule has 1 saturated heterocycles. The van der Waals surface area contributed by atoms with Crippen LogP contribution < -0.4 is 20.3 Å². The molecular formula is C22H24N4O4. The summed E-state index contributed by atoms with van der Waals surface area (Å²) in [5.74, 6) is 1.68. The highest BCUT2D eigenvalue weighted by molar-refractivity contribution is 5.91. The van der Waals surface area contributed by atoms with E-state index in [4.69, 9.17) is 9.26 Å². The fourth-order valence-electron chi connectivity index (χ4n) is 3.56. The van der Waals surface area contributed by atoms with Crippen LogP contribution in [0.5, 0.6) is 11.5 Å². The van der Waals surface area contributed by atoms with Crippen molar-refractivity contribution < 1.29 is 19.2 Å². The fraction of sp³-hybridized carbons (Fsp3) is 0.273. The maximum atomic E-state index is 11.4. The second-order valence-electron chi connectivity index (χ2n) is 7.08. The first-order valence-electron chi connectivity index (χ1n) is 9.77. The number of hydrogen-bond donors (Lipinski definition) is 3. The predicted molar refractivity (Wildman–Crippen MR) is 115 cm³/mol. The van der Waals surface area contributed by atoms with Crippen molar-refractivity contribution in [2.75, 3.05) is 43.5 Å². The topological polar surface area (TPSA) is 99.9 Å². The van der Waals surface area contributed by atoms with Crippen LogP contribution in [0.3, 0.4) is 0 Å². The van der Waals surface area contributed by atoms with E-state index < -0.39 is 0 Å². The molecule has 2 aromatic carbocycles. The highest BCUT2D eigenvalue weighted by Crippen LogP contribution is 2.41. The van der Waals surface area contributed by atoms with Gasteiger partial charge in [-0.05, 0) is 23.8 Å². The summed E-state index contributed by atoms with van der Waals surface area (Å²) < 4.78 is 10.9. The lowest BCUT2D eigenvalue weighted by Crippen LogP contribution is -2.43. The van der Waals surface area contributed by atoms with Crippen LogP contribution in [-0.4, -0.2) is 49.5 Å². The van der Waals surface area contributed by atoms with Crippen molar-refractivity contribution in [3.63, 3.8) is 0 Å². The zero-order chi connectivity index (χ0) is 21.1. The number of piperazine rings is 1. The predicted octanol–water partition coefficient (Wildman–Crippen LogP) is 3.09. The molecule has 1 amide bonds. The van der Waals surface area contributed by atoms with Gasteiger partial charge in [0.25, 0.3) is 0 Å². The summed E-state index contributed by atoms with van der Waals surface area (Å²) in [6.07, 6.45) is 0. The van der Waals surface area contributed by atoms with Crippen LogP contribution in [0.25, 0.3) is 22.5 Å². The summed E-state index contributed by atoms with van der Waals surface area (Å²) in [4.78, 5) is 13.5. The Hall–Kier alpha value is -3.52. The number of nitrogens with zero attached hydrogens (tertiary/aromatic N) is 2. The highest BCUT2D eigenvalue weighted by atomic mass is 16.5. The number of rotatable bonds is 5. The third-order valence-corrected chi connectivity index (χ3v) is 5.06. The Labute approximate surface area is 174 Å². The Morgan fingerprint density at radius 1 is 1.20 bits per heavy atom. The van der Waals surface area contributed by atoms with Gasteiger partial charge in [-0.3, -0.25) is 4.79 Å². The van der Waals surface area contributed by atoms with Crippen LogP contribution in [0.2, 0.25) is 0 Å². The summed E-state index contributed by atoms with van der Waals surface area (Å²) in [6.45, 7) is 4.96. The summed E-state index contributed by atoms with van der Waals surface area (Å²) in [5.41, 5.74) is 2.51. The molecule has 8 heteroatoms. The number of anilines is 2. The van der Waals surface area contributed by atoms with E-state index in [0.29, 0.717) is 28.3 Å². The molecule has 0 saturated carbocycles. The van der Waals surface area contributed by atoms with Crippen LogP contribution in [0.15, 0.2) is 47.0 Å². The van der Waals surface area contributed by atoms with Crippen LogP contribution in [0.4, 0.5) is 11.5 Å². The zero-order valence-electron chi connectivity index (χ0n) is 16.9. The fourth-order valence-corrected chi connectivity index (χ4v) is 3.56. The molecule has 0 atom stereocenters. The van der Waals surface area contributed by atoms with Gasteiger partial charge in [0.05, 0.1) is 18.4 Å². The lowest BCUT2D eigenvalue weighted by atomic mass is 9.99. The number of hydrogen-bond acceptors (Lipinski definition) is 7. The van der Waals surface area contributed by atoms with Crippen molar-refractivity contribution >= 4 is 17.4 Å². The molecule has 0 unspecified atom stereocenters. The van der Waals surface area contributed by atoms with E-state index in [0.717, 1.165) is 37.6 Å². The number of nitrogens with one attached hydrogen (secondary N) is 2. The monoisotopic (exact) mass is 408 g/mol. The molecule has 3 N–H and O–H groups in total. The summed E-state index contributed by atoms with van der Waals surface area (Å²) >= 11 is 0. The van der Waals surface area contributed by atoms with Gasteiger partial charge < -0.3 is 29.9 Å². The average molecular weight is 408 g/mol. The van der Waals surface area contributed by atoms with Gasteiger partial charge in [0, 0.05) is 44.7 Å². The maximum absolute atomic E-state index is 11.4. The van der Waals surface area contributed by atoms with Gasteiger partial charge in [-0.2, -0.15) is 0 Å². The van der Waals surface area contributed by atoms with Crippen LogP contribution in [0.1, 0.15) is 6.92 Å². The summed E-state index contributed by atoms with van der Waals surface area (Å²) in [7, 11) is 1.53. The van der Waals surface area contributed by atoms with Gasteiger partial charge in [-0.1, -0.05) is 23.4 Å². The van der Waals surface area contributed by atoms with Crippen molar-refractivity contribution in [3.8, 4) is 33.9 Å². The van der Waals surface area contributed by atoms with Crippen LogP contribution >= 0.6 is 0 Å². The largest absolute Gasteiger partial charge is 0.507 e. The van der Waals surface area contributed by atoms with Crippen LogP contribution in [0, 0.1) is 0 Å². The molecule has 0 bridgehead atoms. The Morgan fingerprint density at radius 3 is 2.70 bits per heavy atom. The number of carbonyl (C=O) groups is 1. The first-order valence-corrected chi connectivity index (χ1v) is 9.77. The van der Waals surface area contributed by atoms with E-state index in [1.165, 1.54) is 14.0 Å². The van der Waals surface area contributed by atoms with Crippen molar-refractivity contribution in [1.29, 1.82) is 0 Å². The Balaban J connectivity index is 1.67. The number of aromatic nitrogens is 1. The van der Waals surface area contributed by atoms with E-state index in [1.807, 2.05) is 24.3 Å². The molecule has 2 heterocycles. The quantitative estimate of drug-likeness (QED) is 0.596. The third-order valence-electron chi connectivity index (χ3n) is 5.06. The number of aromatic hydroxyl groups is 1. The van der Waals surface area contributed by atoms with Crippen molar-refractivity contribution in [3.05, 3.63) is 42.5 Å². The SMILES string of the molecule is COc1cc(-c2cccc(-c3cc(N4CCNCC4)no3)c2O)ccc1NC(C)=O. The van der Waals surface area contributed by atoms with E-state index in [-0.39, 0.29) is 11.7 Å². The molecule has 1 aliphatic rings. The number of methoxy groups -OCH3 is 1. The Morgan fingerprint density at radius 2 is 1.97 bits per heavy atom. The van der Waals surface area contributed by atoms with E-state index in [9.17, 15) is 9.90 Å². The second kappa shape index (κ2) is 8.46. The Kier molecular flexibility index (Phi) is 5.58. The minimum atomic E-state index is -0.184. The molecule has 3 aromatic rings. The molecule has 8 nitrogen and oxygen atoms in total. The number of ether oxygens (including phenoxy) is 1. The molecule has 1 fully saturated rings. The number of amides is 1. The van der Waals surface area contributed by atoms with Crippen molar-refractivity contribution in [2.24, 2.45) is 0 Å². The van der Waals surface area contributed by atoms with Gasteiger partial charge in [0.2, 0.25) is 5.91 Å². The first kappa shape index (κ1) is 19.8. The molecule has 0 spiro atoms.